The Kier molecular flexibility index (Phi) is 6.94. The van der Waals surface area contributed by atoms with Crippen molar-refractivity contribution in [2.24, 2.45) is 4.99 Å². The van der Waals surface area contributed by atoms with E-state index in [0.717, 1.165) is 17.0 Å². The first-order valence-electron chi connectivity index (χ1n) is 7.84. The summed E-state index contributed by atoms with van der Waals surface area (Å²) in [5.74, 6) is 1.80. The highest BCUT2D eigenvalue weighted by molar-refractivity contribution is 6.35. The van der Waals surface area contributed by atoms with Gasteiger partial charge in [-0.05, 0) is 30.0 Å². The van der Waals surface area contributed by atoms with Gasteiger partial charge in [-0.2, -0.15) is 0 Å². The molecule has 7 heteroatoms. The maximum absolute atomic E-state index is 6.17. The van der Waals surface area contributed by atoms with Crippen molar-refractivity contribution >= 4 is 29.2 Å². The van der Waals surface area contributed by atoms with Crippen LogP contribution in [0.2, 0.25) is 10.0 Å². The second kappa shape index (κ2) is 8.94. The number of hydrogen-bond acceptors (Lipinski definition) is 3. The monoisotopic (exact) mass is 368 g/mol. The number of nitrogens with one attached hydrogen (secondary N) is 2. The lowest BCUT2D eigenvalue weighted by atomic mass is 10.1. The number of benzene rings is 1. The minimum Gasteiger partial charge on any atom is -0.359 e. The zero-order chi connectivity index (χ0) is 17.5. The highest BCUT2D eigenvalue weighted by Crippen LogP contribution is 2.24. The second-order valence-corrected chi connectivity index (χ2v) is 6.49. The van der Waals surface area contributed by atoms with Crippen LogP contribution in [-0.4, -0.2) is 24.7 Å². The number of aromatic nitrogens is 1. The average molecular weight is 369 g/mol. The van der Waals surface area contributed by atoms with Gasteiger partial charge in [0.15, 0.2) is 11.7 Å². The fourth-order valence-electron chi connectivity index (χ4n) is 2.15. The molecule has 0 aliphatic heterocycles. The third kappa shape index (κ3) is 5.14. The van der Waals surface area contributed by atoms with Gasteiger partial charge >= 0.3 is 0 Å². The van der Waals surface area contributed by atoms with Crippen molar-refractivity contribution in [2.45, 2.75) is 32.7 Å². The van der Waals surface area contributed by atoms with E-state index < -0.39 is 0 Å². The minimum atomic E-state index is 0.348. The van der Waals surface area contributed by atoms with Gasteiger partial charge < -0.3 is 15.2 Å². The van der Waals surface area contributed by atoms with Crippen molar-refractivity contribution in [3.8, 4) is 0 Å². The van der Waals surface area contributed by atoms with Crippen LogP contribution in [0.3, 0.4) is 0 Å². The Bertz CT molecular complexity index is 677. The number of aliphatic imine (C=N–C) groups is 1. The number of nitrogens with zero attached hydrogens (tertiary/aromatic N) is 2. The van der Waals surface area contributed by atoms with Gasteiger partial charge in [-0.15, -0.1) is 0 Å². The molecule has 1 heterocycles. The molecule has 5 nitrogen and oxygen atoms in total. The molecule has 2 aromatic rings. The summed E-state index contributed by atoms with van der Waals surface area (Å²) in [5, 5.41) is 11.8. The van der Waals surface area contributed by atoms with E-state index in [1.807, 2.05) is 24.3 Å². The lowest BCUT2D eigenvalue weighted by Gasteiger charge is -2.12. The number of halogens is 2. The molecule has 2 N–H and O–H groups in total. The molecule has 1 aromatic heterocycles. The summed E-state index contributed by atoms with van der Waals surface area (Å²) in [5.41, 5.74) is 1.88. The van der Waals surface area contributed by atoms with Crippen molar-refractivity contribution in [1.82, 2.24) is 15.8 Å². The molecular formula is C17H22Cl2N4O. The number of guanidine groups is 1. The third-order valence-corrected chi connectivity index (χ3v) is 4.26. The maximum atomic E-state index is 6.17. The van der Waals surface area contributed by atoms with E-state index in [-0.39, 0.29) is 0 Å². The molecule has 2 rings (SSSR count). The Labute approximate surface area is 152 Å². The molecule has 1 aromatic carbocycles. The number of hydrogen-bond donors (Lipinski definition) is 2. The Morgan fingerprint density at radius 1 is 1.25 bits per heavy atom. The molecule has 0 bridgehead atoms. The van der Waals surface area contributed by atoms with E-state index in [1.54, 1.807) is 7.05 Å². The van der Waals surface area contributed by atoms with Crippen LogP contribution < -0.4 is 10.6 Å². The van der Waals surface area contributed by atoms with Crippen LogP contribution in [0.5, 0.6) is 0 Å². The fourth-order valence-corrected chi connectivity index (χ4v) is 2.74. The van der Waals surface area contributed by atoms with E-state index in [0.29, 0.717) is 41.4 Å². The lowest BCUT2D eigenvalue weighted by molar-refractivity contribution is 0.372. The van der Waals surface area contributed by atoms with Gasteiger partial charge in [-0.3, -0.25) is 4.99 Å². The van der Waals surface area contributed by atoms with Gasteiger partial charge in [0.1, 0.15) is 0 Å². The molecule has 0 saturated carbocycles. The Morgan fingerprint density at radius 3 is 2.54 bits per heavy atom. The average Bonchev–Trinajstić information content (AvgIpc) is 3.02. The first kappa shape index (κ1) is 18.6. The molecule has 0 aliphatic rings. The van der Waals surface area contributed by atoms with Crippen molar-refractivity contribution in [3.63, 3.8) is 0 Å². The molecule has 0 aliphatic carbocycles. The summed E-state index contributed by atoms with van der Waals surface area (Å²) < 4.78 is 5.30. The SMILES string of the molecule is CN=C(NCCc1c(Cl)cccc1Cl)NCc1cc(C(C)C)no1. The highest BCUT2D eigenvalue weighted by Gasteiger charge is 2.09. The van der Waals surface area contributed by atoms with Gasteiger partial charge in [0.05, 0.1) is 12.2 Å². The van der Waals surface area contributed by atoms with Gasteiger partial charge in [-0.25, -0.2) is 0 Å². The molecule has 24 heavy (non-hydrogen) atoms. The first-order chi connectivity index (χ1) is 11.5. The molecule has 130 valence electrons. The van der Waals surface area contributed by atoms with Crippen LogP contribution in [0.15, 0.2) is 33.8 Å². The van der Waals surface area contributed by atoms with Crippen molar-refractivity contribution in [1.29, 1.82) is 0 Å². The smallest absolute Gasteiger partial charge is 0.191 e. The zero-order valence-corrected chi connectivity index (χ0v) is 15.6. The molecule has 0 saturated heterocycles. The van der Waals surface area contributed by atoms with Crippen LogP contribution in [0.4, 0.5) is 0 Å². The standard InChI is InChI=1S/C17H22Cl2N4O/c1-11(2)16-9-12(24-23-16)10-22-17(20-3)21-8-7-13-14(18)5-4-6-15(13)19/h4-6,9,11H,7-8,10H2,1-3H3,(H2,20,21,22). The zero-order valence-electron chi connectivity index (χ0n) is 14.1. The van der Waals surface area contributed by atoms with Gasteiger partial charge in [0.25, 0.3) is 0 Å². The summed E-state index contributed by atoms with van der Waals surface area (Å²) in [6, 6.07) is 7.47. The van der Waals surface area contributed by atoms with E-state index in [2.05, 4.69) is 34.6 Å². The van der Waals surface area contributed by atoms with Crippen LogP contribution >= 0.6 is 23.2 Å². The van der Waals surface area contributed by atoms with E-state index in [1.165, 1.54) is 0 Å². The minimum absolute atomic E-state index is 0.348. The molecule has 0 spiro atoms. The summed E-state index contributed by atoms with van der Waals surface area (Å²) in [6.07, 6.45) is 0.707. The molecule has 0 unspecified atom stereocenters. The molecular weight excluding hydrogens is 347 g/mol. The van der Waals surface area contributed by atoms with Crippen molar-refractivity contribution in [3.05, 3.63) is 51.3 Å². The Hall–Kier alpha value is -1.72. The van der Waals surface area contributed by atoms with E-state index >= 15 is 0 Å². The predicted octanol–water partition coefficient (Wildman–Crippen LogP) is 4.01. The predicted molar refractivity (Wildman–Crippen MR) is 99.0 cm³/mol. The van der Waals surface area contributed by atoms with E-state index in [9.17, 15) is 0 Å². The Morgan fingerprint density at radius 2 is 1.96 bits per heavy atom. The summed E-state index contributed by atoms with van der Waals surface area (Å²) in [7, 11) is 1.72. The second-order valence-electron chi connectivity index (χ2n) is 5.68. The van der Waals surface area contributed by atoms with Gasteiger partial charge in [-0.1, -0.05) is 48.3 Å². The highest BCUT2D eigenvalue weighted by atomic mass is 35.5. The normalized spacial score (nSPS) is 11.8. The Balaban J connectivity index is 1.82. The van der Waals surface area contributed by atoms with Crippen LogP contribution in [0, 0.1) is 0 Å². The molecule has 0 radical (unpaired) electrons. The topological polar surface area (TPSA) is 62.5 Å². The summed E-state index contributed by atoms with van der Waals surface area (Å²) >= 11 is 12.3. The van der Waals surface area contributed by atoms with Crippen molar-refractivity contribution in [2.75, 3.05) is 13.6 Å². The van der Waals surface area contributed by atoms with Gasteiger partial charge in [0.2, 0.25) is 0 Å². The quantitative estimate of drug-likeness (QED) is 0.597. The lowest BCUT2D eigenvalue weighted by Crippen LogP contribution is -2.37. The van der Waals surface area contributed by atoms with Crippen LogP contribution in [0.1, 0.15) is 36.8 Å². The van der Waals surface area contributed by atoms with E-state index in [4.69, 9.17) is 27.7 Å². The van der Waals surface area contributed by atoms with Crippen LogP contribution in [0.25, 0.3) is 0 Å². The molecule has 0 fully saturated rings. The number of rotatable bonds is 6. The van der Waals surface area contributed by atoms with Gasteiger partial charge in [0, 0.05) is 29.7 Å². The first-order valence-corrected chi connectivity index (χ1v) is 8.59. The summed E-state index contributed by atoms with van der Waals surface area (Å²) in [6.45, 7) is 5.34. The van der Waals surface area contributed by atoms with Crippen molar-refractivity contribution < 1.29 is 4.52 Å². The summed E-state index contributed by atoms with van der Waals surface area (Å²) in [4.78, 5) is 4.19. The molecule has 0 atom stereocenters. The maximum Gasteiger partial charge on any atom is 0.191 e. The molecule has 0 amide bonds. The van der Waals surface area contributed by atoms with Crippen LogP contribution in [-0.2, 0) is 13.0 Å². The largest absolute Gasteiger partial charge is 0.359 e. The fraction of sp³-hybridized carbons (Fsp3) is 0.412. The third-order valence-electron chi connectivity index (χ3n) is 3.55.